The van der Waals surface area contributed by atoms with Crippen molar-refractivity contribution in [2.45, 2.75) is 56.9 Å². The van der Waals surface area contributed by atoms with Gasteiger partial charge < -0.3 is 15.5 Å². The average Bonchev–Trinajstić information content (AvgIpc) is 2.90. The molecule has 1 unspecified atom stereocenters. The SMILES string of the molecule is CNC1CC(NCc2ccc3c(c2)C(=O)N(C2CCC(=O)NC2=O)C3)C1. The number of nitrogens with zero attached hydrogens (tertiary/aromatic N) is 1. The molecule has 0 aromatic heterocycles. The van der Waals surface area contributed by atoms with Crippen LogP contribution in [0.15, 0.2) is 18.2 Å². The normalized spacial score (nSPS) is 28.0. The van der Waals surface area contributed by atoms with Crippen molar-refractivity contribution in [2.24, 2.45) is 0 Å². The lowest BCUT2D eigenvalue weighted by Gasteiger charge is -2.35. The second-order valence-electron chi connectivity index (χ2n) is 7.43. The maximum atomic E-state index is 12.8. The van der Waals surface area contributed by atoms with Crippen molar-refractivity contribution in [3.63, 3.8) is 0 Å². The minimum atomic E-state index is -0.553. The smallest absolute Gasteiger partial charge is 0.255 e. The van der Waals surface area contributed by atoms with Gasteiger partial charge >= 0.3 is 0 Å². The van der Waals surface area contributed by atoms with E-state index in [1.165, 1.54) is 0 Å². The Morgan fingerprint density at radius 1 is 1.19 bits per heavy atom. The minimum absolute atomic E-state index is 0.116. The number of piperidine rings is 1. The van der Waals surface area contributed by atoms with Crippen LogP contribution in [0.1, 0.15) is 47.2 Å². The van der Waals surface area contributed by atoms with Gasteiger partial charge in [-0.15, -0.1) is 0 Å². The standard InChI is InChI=1S/C19H24N4O3/c1-20-13-7-14(8-13)21-9-11-2-3-12-10-23(19(26)15(12)6-11)16-4-5-17(24)22-18(16)25/h2-3,6,13-14,16,20-21H,4-5,7-10H2,1H3,(H,22,24,25). The summed E-state index contributed by atoms with van der Waals surface area (Å²) in [6.45, 7) is 1.17. The van der Waals surface area contributed by atoms with Gasteiger partial charge in [-0.1, -0.05) is 12.1 Å². The number of amides is 3. The molecule has 7 nitrogen and oxygen atoms in total. The van der Waals surface area contributed by atoms with Crippen molar-refractivity contribution < 1.29 is 14.4 Å². The molecule has 0 bridgehead atoms. The van der Waals surface area contributed by atoms with E-state index in [1.54, 1.807) is 4.90 Å². The fourth-order valence-corrected chi connectivity index (χ4v) is 3.99. The Morgan fingerprint density at radius 2 is 2.00 bits per heavy atom. The van der Waals surface area contributed by atoms with Crippen molar-refractivity contribution >= 4 is 17.7 Å². The summed E-state index contributed by atoms with van der Waals surface area (Å²) >= 11 is 0. The van der Waals surface area contributed by atoms with Crippen LogP contribution in [0.25, 0.3) is 0 Å². The first kappa shape index (κ1) is 17.2. The summed E-state index contributed by atoms with van der Waals surface area (Å²) in [5, 5.41) is 9.13. The topological polar surface area (TPSA) is 90.5 Å². The van der Waals surface area contributed by atoms with E-state index in [1.807, 2.05) is 25.2 Å². The number of nitrogens with one attached hydrogen (secondary N) is 3. The van der Waals surface area contributed by atoms with Crippen LogP contribution in [-0.4, -0.2) is 47.8 Å². The molecule has 138 valence electrons. The van der Waals surface area contributed by atoms with Gasteiger partial charge in [-0.3, -0.25) is 19.7 Å². The monoisotopic (exact) mass is 356 g/mol. The van der Waals surface area contributed by atoms with Crippen molar-refractivity contribution in [1.82, 2.24) is 20.9 Å². The van der Waals surface area contributed by atoms with Crippen LogP contribution >= 0.6 is 0 Å². The van der Waals surface area contributed by atoms with E-state index in [-0.39, 0.29) is 24.1 Å². The first-order valence-corrected chi connectivity index (χ1v) is 9.22. The van der Waals surface area contributed by atoms with Crippen LogP contribution in [0.4, 0.5) is 0 Å². The van der Waals surface area contributed by atoms with Crippen molar-refractivity contribution in [3.8, 4) is 0 Å². The molecular weight excluding hydrogens is 332 g/mol. The van der Waals surface area contributed by atoms with Gasteiger partial charge in [0.25, 0.3) is 5.91 Å². The predicted molar refractivity (Wildman–Crippen MR) is 95.2 cm³/mol. The van der Waals surface area contributed by atoms with Crippen molar-refractivity contribution in [1.29, 1.82) is 0 Å². The Morgan fingerprint density at radius 3 is 2.73 bits per heavy atom. The Kier molecular flexibility index (Phi) is 4.50. The van der Waals surface area contributed by atoms with E-state index in [9.17, 15) is 14.4 Å². The molecule has 3 amide bonds. The van der Waals surface area contributed by atoms with E-state index >= 15 is 0 Å². The molecule has 0 spiro atoms. The van der Waals surface area contributed by atoms with Gasteiger partial charge in [0, 0.05) is 37.2 Å². The highest BCUT2D eigenvalue weighted by molar-refractivity contribution is 6.05. The molecular formula is C19H24N4O3. The molecule has 26 heavy (non-hydrogen) atoms. The van der Waals surface area contributed by atoms with E-state index in [2.05, 4.69) is 16.0 Å². The third-order valence-electron chi connectivity index (χ3n) is 5.73. The van der Waals surface area contributed by atoms with Crippen LogP contribution in [0.5, 0.6) is 0 Å². The number of hydrogen-bond acceptors (Lipinski definition) is 5. The van der Waals surface area contributed by atoms with E-state index in [0.717, 1.165) is 30.5 Å². The van der Waals surface area contributed by atoms with Crippen LogP contribution in [0.2, 0.25) is 0 Å². The lowest BCUT2D eigenvalue weighted by Crippen LogP contribution is -2.52. The second kappa shape index (κ2) is 6.81. The second-order valence-corrected chi connectivity index (χ2v) is 7.43. The van der Waals surface area contributed by atoms with Crippen LogP contribution in [0, 0.1) is 0 Å². The Bertz CT molecular complexity index is 757. The summed E-state index contributed by atoms with van der Waals surface area (Å²) in [5.41, 5.74) is 2.70. The number of benzene rings is 1. The van der Waals surface area contributed by atoms with Gasteiger partial charge in [0.15, 0.2) is 0 Å². The molecule has 2 heterocycles. The minimum Gasteiger partial charge on any atom is -0.322 e. The summed E-state index contributed by atoms with van der Waals surface area (Å²) in [6, 6.07) is 6.54. The van der Waals surface area contributed by atoms with Crippen LogP contribution < -0.4 is 16.0 Å². The first-order chi connectivity index (χ1) is 12.5. The maximum absolute atomic E-state index is 12.8. The number of imide groups is 1. The Labute approximate surface area is 152 Å². The van der Waals surface area contributed by atoms with E-state index < -0.39 is 6.04 Å². The largest absolute Gasteiger partial charge is 0.322 e. The van der Waals surface area contributed by atoms with Crippen LogP contribution in [-0.2, 0) is 22.7 Å². The van der Waals surface area contributed by atoms with Gasteiger partial charge in [-0.25, -0.2) is 0 Å². The number of carbonyl (C=O) groups is 3. The van der Waals surface area contributed by atoms with Gasteiger partial charge in [0.2, 0.25) is 11.8 Å². The highest BCUT2D eigenvalue weighted by atomic mass is 16.2. The zero-order valence-corrected chi connectivity index (χ0v) is 14.9. The number of rotatable bonds is 5. The molecule has 2 fully saturated rings. The third kappa shape index (κ3) is 3.12. The first-order valence-electron chi connectivity index (χ1n) is 9.22. The van der Waals surface area contributed by atoms with Gasteiger partial charge in [-0.2, -0.15) is 0 Å². The predicted octanol–water partition coefficient (Wildman–Crippen LogP) is 0.288. The van der Waals surface area contributed by atoms with Gasteiger partial charge in [0.1, 0.15) is 6.04 Å². The number of carbonyl (C=O) groups excluding carboxylic acids is 3. The summed E-state index contributed by atoms with van der Waals surface area (Å²) in [5.74, 6) is -0.746. The molecule has 1 aliphatic carbocycles. The zero-order valence-electron chi connectivity index (χ0n) is 14.9. The lowest BCUT2D eigenvalue weighted by molar-refractivity contribution is -0.136. The molecule has 3 N–H and O–H groups in total. The fourth-order valence-electron chi connectivity index (χ4n) is 3.99. The molecule has 1 saturated heterocycles. The quantitative estimate of drug-likeness (QED) is 0.660. The van der Waals surface area contributed by atoms with E-state index in [0.29, 0.717) is 30.6 Å². The molecule has 1 aromatic rings. The summed E-state index contributed by atoms with van der Waals surface area (Å²) < 4.78 is 0. The fraction of sp³-hybridized carbons (Fsp3) is 0.526. The molecule has 1 aromatic carbocycles. The van der Waals surface area contributed by atoms with Crippen molar-refractivity contribution in [2.75, 3.05) is 7.05 Å². The lowest BCUT2D eigenvalue weighted by atomic mass is 9.87. The van der Waals surface area contributed by atoms with Gasteiger partial charge in [-0.05, 0) is 43.5 Å². The van der Waals surface area contributed by atoms with E-state index in [4.69, 9.17) is 0 Å². The molecule has 0 radical (unpaired) electrons. The highest BCUT2D eigenvalue weighted by Gasteiger charge is 2.39. The number of fused-ring (bicyclic) bond motifs is 1. The molecule has 3 aliphatic rings. The Balaban J connectivity index is 1.40. The summed E-state index contributed by atoms with van der Waals surface area (Å²) in [6.07, 6.45) is 2.93. The molecule has 1 atom stereocenters. The molecule has 2 aliphatic heterocycles. The Hall–Kier alpha value is -2.25. The van der Waals surface area contributed by atoms with Crippen molar-refractivity contribution in [3.05, 3.63) is 34.9 Å². The average molecular weight is 356 g/mol. The van der Waals surface area contributed by atoms with Gasteiger partial charge in [0.05, 0.1) is 0 Å². The molecule has 4 rings (SSSR count). The molecule has 1 saturated carbocycles. The maximum Gasteiger partial charge on any atom is 0.255 e. The number of hydrogen-bond donors (Lipinski definition) is 3. The van der Waals surface area contributed by atoms with Crippen LogP contribution in [0.3, 0.4) is 0 Å². The summed E-state index contributed by atoms with van der Waals surface area (Å²) in [7, 11) is 1.99. The third-order valence-corrected chi connectivity index (χ3v) is 5.73. The molecule has 7 heteroatoms. The zero-order chi connectivity index (χ0) is 18.3. The summed E-state index contributed by atoms with van der Waals surface area (Å²) in [4.78, 5) is 37.8. The highest BCUT2D eigenvalue weighted by Crippen LogP contribution is 2.28.